The molecule has 0 bridgehead atoms. The van der Waals surface area contributed by atoms with Crippen molar-refractivity contribution < 1.29 is 28.7 Å². The summed E-state index contributed by atoms with van der Waals surface area (Å²) in [6.07, 6.45) is 0.0561. The molecule has 1 atom stereocenters. The number of para-hydroxylation sites is 1. The maximum absolute atomic E-state index is 12.8. The van der Waals surface area contributed by atoms with Crippen molar-refractivity contribution in [2.75, 3.05) is 18.6 Å². The van der Waals surface area contributed by atoms with Gasteiger partial charge in [0.15, 0.2) is 6.61 Å². The van der Waals surface area contributed by atoms with E-state index in [4.69, 9.17) is 9.47 Å². The van der Waals surface area contributed by atoms with Gasteiger partial charge in [-0.2, -0.15) is 0 Å². The minimum atomic E-state index is -0.693. The first-order valence-electron chi connectivity index (χ1n) is 11.1. The number of ketones is 1. The van der Waals surface area contributed by atoms with Gasteiger partial charge in [-0.3, -0.25) is 14.4 Å². The summed E-state index contributed by atoms with van der Waals surface area (Å²) in [6.45, 7) is 0.0234. The Kier molecular flexibility index (Phi) is 7.32. The third kappa shape index (κ3) is 5.44. The van der Waals surface area contributed by atoms with Gasteiger partial charge in [-0.1, -0.05) is 42.5 Å². The number of hydrogen-bond donors (Lipinski definition) is 1. The first kappa shape index (κ1) is 23.8. The largest absolute Gasteiger partial charge is 0.496 e. The quantitative estimate of drug-likeness (QED) is 0.290. The number of ether oxygens (including phenoxy) is 2. The van der Waals surface area contributed by atoms with E-state index >= 15 is 0 Å². The molecule has 2 amide bonds. The second-order valence-corrected chi connectivity index (χ2v) is 7.94. The zero-order valence-electron chi connectivity index (χ0n) is 19.1. The highest BCUT2D eigenvalue weighted by Gasteiger charge is 2.39. The van der Waals surface area contributed by atoms with Crippen LogP contribution in [0.4, 0.5) is 5.69 Å². The van der Waals surface area contributed by atoms with Crippen LogP contribution in [0.1, 0.15) is 32.7 Å². The highest BCUT2D eigenvalue weighted by molar-refractivity contribution is 6.22. The van der Waals surface area contributed by atoms with Crippen LogP contribution in [0.3, 0.4) is 0 Å². The standard InChI is InChI=1S/C27H24N2O6/c1-34-24-10-6-5-9-21(24)23(30)17-35-27(33)19-11-13-20(14-12-19)29-25(31)15-22(26(29)32)28-16-18-7-3-2-4-8-18/h2-14,22,28H,15-17H2,1H3. The molecule has 35 heavy (non-hydrogen) atoms. The Bertz CT molecular complexity index is 1240. The lowest BCUT2D eigenvalue weighted by molar-refractivity contribution is -0.121. The lowest BCUT2D eigenvalue weighted by Crippen LogP contribution is -2.38. The number of anilines is 1. The number of rotatable bonds is 9. The number of nitrogens with zero attached hydrogens (tertiary/aromatic N) is 1. The summed E-state index contributed by atoms with van der Waals surface area (Å²) in [4.78, 5) is 51.2. The molecule has 0 aliphatic carbocycles. The number of imide groups is 1. The fourth-order valence-corrected chi connectivity index (χ4v) is 3.81. The van der Waals surface area contributed by atoms with E-state index in [2.05, 4.69) is 5.32 Å². The molecule has 3 aromatic rings. The Labute approximate surface area is 202 Å². The molecular weight excluding hydrogens is 448 g/mol. The predicted octanol–water partition coefficient (Wildman–Crippen LogP) is 3.16. The molecule has 0 aromatic heterocycles. The van der Waals surface area contributed by atoms with Gasteiger partial charge in [-0.25, -0.2) is 9.69 Å². The van der Waals surface area contributed by atoms with Crippen LogP contribution in [0.2, 0.25) is 0 Å². The van der Waals surface area contributed by atoms with E-state index in [1.807, 2.05) is 30.3 Å². The number of Topliss-reactive ketones (excluding diaryl/α,β-unsaturated/α-hetero) is 1. The number of esters is 1. The van der Waals surface area contributed by atoms with Gasteiger partial charge in [0.2, 0.25) is 11.7 Å². The number of methoxy groups -OCH3 is 1. The molecule has 1 fully saturated rings. The van der Waals surface area contributed by atoms with Gasteiger partial charge in [0, 0.05) is 6.54 Å². The van der Waals surface area contributed by atoms with E-state index in [9.17, 15) is 19.2 Å². The summed E-state index contributed by atoms with van der Waals surface area (Å²) in [5.74, 6) is -1.35. The van der Waals surface area contributed by atoms with Crippen molar-refractivity contribution in [3.8, 4) is 5.75 Å². The van der Waals surface area contributed by atoms with Crippen LogP contribution in [0.5, 0.6) is 5.75 Å². The van der Waals surface area contributed by atoms with E-state index in [0.717, 1.165) is 10.5 Å². The minimum Gasteiger partial charge on any atom is -0.496 e. The molecule has 1 saturated heterocycles. The summed E-state index contributed by atoms with van der Waals surface area (Å²) in [5, 5.41) is 3.13. The van der Waals surface area contributed by atoms with Crippen molar-refractivity contribution in [3.05, 3.63) is 95.6 Å². The smallest absolute Gasteiger partial charge is 0.338 e. The fourth-order valence-electron chi connectivity index (χ4n) is 3.81. The summed E-state index contributed by atoms with van der Waals surface area (Å²) >= 11 is 0. The van der Waals surface area contributed by atoms with Gasteiger partial charge in [0.25, 0.3) is 5.91 Å². The molecule has 0 radical (unpaired) electrons. The van der Waals surface area contributed by atoms with Gasteiger partial charge in [0.05, 0.1) is 36.4 Å². The Balaban J connectivity index is 1.35. The van der Waals surface area contributed by atoms with E-state index < -0.39 is 24.4 Å². The predicted molar refractivity (Wildman–Crippen MR) is 128 cm³/mol. The van der Waals surface area contributed by atoms with Crippen LogP contribution >= 0.6 is 0 Å². The molecule has 3 aromatic carbocycles. The Morgan fingerprint density at radius 1 is 0.943 bits per heavy atom. The zero-order chi connectivity index (χ0) is 24.8. The summed E-state index contributed by atoms with van der Waals surface area (Å²) in [6, 6.07) is 21.6. The van der Waals surface area contributed by atoms with Crippen molar-refractivity contribution in [2.45, 2.75) is 19.0 Å². The Morgan fingerprint density at radius 3 is 2.34 bits per heavy atom. The molecule has 1 aliphatic heterocycles. The van der Waals surface area contributed by atoms with Gasteiger partial charge in [-0.05, 0) is 42.0 Å². The van der Waals surface area contributed by atoms with Crippen LogP contribution in [0.25, 0.3) is 0 Å². The minimum absolute atomic E-state index is 0.0561. The normalized spacial score (nSPS) is 15.2. The van der Waals surface area contributed by atoms with Crippen molar-refractivity contribution in [1.29, 1.82) is 0 Å². The lowest BCUT2D eigenvalue weighted by Gasteiger charge is -2.16. The zero-order valence-corrected chi connectivity index (χ0v) is 19.1. The Morgan fingerprint density at radius 2 is 1.63 bits per heavy atom. The molecule has 0 saturated carbocycles. The van der Waals surface area contributed by atoms with Crippen LogP contribution in [0.15, 0.2) is 78.9 Å². The second kappa shape index (κ2) is 10.8. The summed E-state index contributed by atoms with van der Waals surface area (Å²) in [7, 11) is 1.46. The number of benzene rings is 3. The summed E-state index contributed by atoms with van der Waals surface area (Å²) < 4.78 is 10.3. The third-order valence-corrected chi connectivity index (χ3v) is 5.64. The SMILES string of the molecule is COc1ccccc1C(=O)COC(=O)c1ccc(N2C(=O)CC(NCc3ccccc3)C2=O)cc1. The van der Waals surface area contributed by atoms with Crippen molar-refractivity contribution in [1.82, 2.24) is 5.32 Å². The number of carbonyl (C=O) groups excluding carboxylic acids is 4. The van der Waals surface area contributed by atoms with Gasteiger partial charge in [-0.15, -0.1) is 0 Å². The van der Waals surface area contributed by atoms with Crippen LogP contribution in [0, 0.1) is 0 Å². The topological polar surface area (TPSA) is 102 Å². The van der Waals surface area contributed by atoms with Crippen LogP contribution in [-0.4, -0.2) is 43.3 Å². The molecule has 1 N–H and O–H groups in total. The van der Waals surface area contributed by atoms with Crippen molar-refractivity contribution in [2.24, 2.45) is 0 Å². The van der Waals surface area contributed by atoms with Crippen LogP contribution < -0.4 is 15.0 Å². The molecule has 0 spiro atoms. The van der Waals surface area contributed by atoms with Crippen molar-refractivity contribution in [3.63, 3.8) is 0 Å². The van der Waals surface area contributed by atoms with E-state index in [0.29, 0.717) is 23.5 Å². The average molecular weight is 472 g/mol. The highest BCUT2D eigenvalue weighted by atomic mass is 16.5. The number of amides is 2. The molecule has 4 rings (SSSR count). The van der Waals surface area contributed by atoms with Gasteiger partial charge < -0.3 is 14.8 Å². The number of hydrogen-bond acceptors (Lipinski definition) is 7. The average Bonchev–Trinajstić information content (AvgIpc) is 3.19. The molecule has 178 valence electrons. The molecule has 1 aliphatic rings. The van der Waals surface area contributed by atoms with Crippen molar-refractivity contribution >= 4 is 29.3 Å². The van der Waals surface area contributed by atoms with Crippen LogP contribution in [-0.2, 0) is 20.9 Å². The molecule has 1 unspecified atom stereocenters. The first-order chi connectivity index (χ1) is 17.0. The van der Waals surface area contributed by atoms with E-state index in [1.165, 1.54) is 31.4 Å². The fraction of sp³-hybridized carbons (Fsp3) is 0.185. The third-order valence-electron chi connectivity index (χ3n) is 5.64. The highest BCUT2D eigenvalue weighted by Crippen LogP contribution is 2.24. The maximum atomic E-state index is 12.8. The number of carbonyl (C=O) groups is 4. The second-order valence-electron chi connectivity index (χ2n) is 7.94. The number of nitrogens with one attached hydrogen (secondary N) is 1. The van der Waals surface area contributed by atoms with E-state index in [-0.39, 0.29) is 23.8 Å². The molecule has 8 heteroatoms. The molecular formula is C27H24N2O6. The first-order valence-corrected chi connectivity index (χ1v) is 11.1. The Hall–Kier alpha value is -4.30. The van der Waals surface area contributed by atoms with Gasteiger partial charge in [0.1, 0.15) is 5.75 Å². The monoisotopic (exact) mass is 472 g/mol. The molecule has 8 nitrogen and oxygen atoms in total. The maximum Gasteiger partial charge on any atom is 0.338 e. The van der Waals surface area contributed by atoms with E-state index in [1.54, 1.807) is 24.3 Å². The molecule has 1 heterocycles. The lowest BCUT2D eigenvalue weighted by atomic mass is 10.1. The summed E-state index contributed by atoms with van der Waals surface area (Å²) in [5.41, 5.74) is 1.89. The van der Waals surface area contributed by atoms with Gasteiger partial charge >= 0.3 is 5.97 Å².